The van der Waals surface area contributed by atoms with Gasteiger partial charge in [-0.3, -0.25) is 9.48 Å². The third kappa shape index (κ3) is 4.01. The van der Waals surface area contributed by atoms with Gasteiger partial charge < -0.3 is 20.7 Å². The van der Waals surface area contributed by atoms with E-state index >= 15 is 0 Å². The molecule has 34 heavy (non-hydrogen) atoms. The molecule has 3 N–H and O–H groups in total. The summed E-state index contributed by atoms with van der Waals surface area (Å²) < 4.78 is 7.86. The lowest BCUT2D eigenvalue weighted by Crippen LogP contribution is -2.20. The molecule has 0 saturated carbocycles. The van der Waals surface area contributed by atoms with Crippen molar-refractivity contribution in [2.45, 2.75) is 20.5 Å². The molecule has 0 atom stereocenters. The standard InChI is InChI=1S/C24H24N8O2/c1-13-8-21(28-14(2)27-13)30-20-9-19(17(10-26-20)24(33)25-3)29-18-7-5-6-16-22-15(11-32(4)31-22)12-34-23(16)18/h5-11H,12H2,1-4H3,(H,25,33)(H2,26,27,28,29,30). The van der Waals surface area contributed by atoms with Crippen molar-refractivity contribution in [3.05, 3.63) is 65.4 Å². The molecular formula is C24H24N8O2. The monoisotopic (exact) mass is 456 g/mol. The highest BCUT2D eigenvalue weighted by molar-refractivity contribution is 6.00. The Balaban J connectivity index is 1.53. The Morgan fingerprint density at radius 2 is 1.94 bits per heavy atom. The zero-order chi connectivity index (χ0) is 23.8. The second-order valence-electron chi connectivity index (χ2n) is 8.03. The average Bonchev–Trinajstić information content (AvgIpc) is 3.19. The summed E-state index contributed by atoms with van der Waals surface area (Å²) in [4.78, 5) is 25.7. The van der Waals surface area contributed by atoms with Crippen molar-refractivity contribution in [1.29, 1.82) is 0 Å². The summed E-state index contributed by atoms with van der Waals surface area (Å²) in [7, 11) is 3.47. The second-order valence-corrected chi connectivity index (χ2v) is 8.03. The number of hydrogen-bond acceptors (Lipinski definition) is 8. The van der Waals surface area contributed by atoms with E-state index in [0.717, 1.165) is 28.2 Å². The van der Waals surface area contributed by atoms with Gasteiger partial charge in [-0.2, -0.15) is 5.10 Å². The number of anilines is 4. The molecule has 5 rings (SSSR count). The van der Waals surface area contributed by atoms with E-state index in [2.05, 4.69) is 36.0 Å². The van der Waals surface area contributed by atoms with E-state index < -0.39 is 0 Å². The number of hydrogen-bond donors (Lipinski definition) is 3. The van der Waals surface area contributed by atoms with Crippen molar-refractivity contribution in [3.63, 3.8) is 0 Å². The molecule has 1 aliphatic heterocycles. The first-order valence-electron chi connectivity index (χ1n) is 10.8. The number of aromatic nitrogens is 5. The highest BCUT2D eigenvalue weighted by Crippen LogP contribution is 2.42. The molecule has 0 saturated heterocycles. The van der Waals surface area contributed by atoms with E-state index in [1.54, 1.807) is 17.8 Å². The van der Waals surface area contributed by atoms with Crippen LogP contribution in [0.15, 0.2) is 42.7 Å². The number of fused-ring (bicyclic) bond motifs is 3. The normalized spacial score (nSPS) is 11.8. The number of amides is 1. The highest BCUT2D eigenvalue weighted by atomic mass is 16.5. The maximum atomic E-state index is 12.6. The van der Waals surface area contributed by atoms with Crippen LogP contribution in [0.2, 0.25) is 0 Å². The second kappa shape index (κ2) is 8.47. The van der Waals surface area contributed by atoms with Gasteiger partial charge in [0, 0.05) is 55.4 Å². The van der Waals surface area contributed by atoms with Crippen molar-refractivity contribution in [3.8, 4) is 17.0 Å². The minimum Gasteiger partial charge on any atom is -0.486 e. The average molecular weight is 457 g/mol. The number of para-hydroxylation sites is 1. The summed E-state index contributed by atoms with van der Waals surface area (Å²) >= 11 is 0. The molecule has 0 bridgehead atoms. The van der Waals surface area contributed by atoms with Crippen LogP contribution in [-0.2, 0) is 13.7 Å². The quantitative estimate of drug-likeness (QED) is 0.417. The van der Waals surface area contributed by atoms with Crippen LogP contribution < -0.4 is 20.7 Å². The fraction of sp³-hybridized carbons (Fsp3) is 0.208. The maximum Gasteiger partial charge on any atom is 0.254 e. The van der Waals surface area contributed by atoms with Crippen molar-refractivity contribution in [2.24, 2.45) is 7.05 Å². The Labute approximate surface area is 196 Å². The van der Waals surface area contributed by atoms with E-state index in [1.165, 1.54) is 6.20 Å². The van der Waals surface area contributed by atoms with Crippen molar-refractivity contribution < 1.29 is 9.53 Å². The fourth-order valence-electron chi connectivity index (χ4n) is 4.00. The molecule has 4 aromatic rings. The number of nitrogens with zero attached hydrogens (tertiary/aromatic N) is 5. The minimum atomic E-state index is -0.256. The van der Waals surface area contributed by atoms with Gasteiger partial charge in [0.15, 0.2) is 5.75 Å². The third-order valence-electron chi connectivity index (χ3n) is 5.41. The van der Waals surface area contributed by atoms with E-state index in [9.17, 15) is 4.79 Å². The van der Waals surface area contributed by atoms with Gasteiger partial charge in [0.1, 0.15) is 29.8 Å². The van der Waals surface area contributed by atoms with Gasteiger partial charge in [0.2, 0.25) is 0 Å². The van der Waals surface area contributed by atoms with Gasteiger partial charge >= 0.3 is 0 Å². The number of ether oxygens (including phenoxy) is 1. The Morgan fingerprint density at radius 3 is 2.74 bits per heavy atom. The number of benzene rings is 1. The van der Waals surface area contributed by atoms with Gasteiger partial charge in [-0.25, -0.2) is 15.0 Å². The van der Waals surface area contributed by atoms with Gasteiger partial charge in [0.25, 0.3) is 5.91 Å². The van der Waals surface area contributed by atoms with Gasteiger partial charge in [-0.05, 0) is 26.0 Å². The molecule has 0 radical (unpaired) electrons. The molecule has 0 aliphatic carbocycles. The van der Waals surface area contributed by atoms with Crippen LogP contribution in [0.3, 0.4) is 0 Å². The molecule has 0 unspecified atom stereocenters. The summed E-state index contributed by atoms with van der Waals surface area (Å²) in [5.74, 6) is 2.24. The number of rotatable bonds is 5. The predicted molar refractivity (Wildman–Crippen MR) is 129 cm³/mol. The van der Waals surface area contributed by atoms with Crippen LogP contribution >= 0.6 is 0 Å². The number of pyridine rings is 1. The largest absolute Gasteiger partial charge is 0.486 e. The molecule has 1 aliphatic rings. The van der Waals surface area contributed by atoms with E-state index in [4.69, 9.17) is 4.74 Å². The molecule has 3 aromatic heterocycles. The van der Waals surface area contributed by atoms with Crippen molar-refractivity contribution in [2.75, 3.05) is 17.7 Å². The lowest BCUT2D eigenvalue weighted by molar-refractivity contribution is 0.0963. The number of nitrogens with one attached hydrogen (secondary N) is 3. The molecule has 10 nitrogen and oxygen atoms in total. The topological polar surface area (TPSA) is 119 Å². The predicted octanol–water partition coefficient (Wildman–Crippen LogP) is 3.63. The minimum absolute atomic E-state index is 0.256. The lowest BCUT2D eigenvalue weighted by Gasteiger charge is -2.21. The zero-order valence-electron chi connectivity index (χ0n) is 19.3. The van der Waals surface area contributed by atoms with Crippen molar-refractivity contribution >= 4 is 28.9 Å². The van der Waals surface area contributed by atoms with E-state index in [-0.39, 0.29) is 5.91 Å². The van der Waals surface area contributed by atoms with E-state index in [0.29, 0.717) is 41.1 Å². The molecule has 10 heteroatoms. The van der Waals surface area contributed by atoms with Gasteiger partial charge in [-0.15, -0.1) is 0 Å². The van der Waals surface area contributed by atoms with Crippen LogP contribution in [0.5, 0.6) is 5.75 Å². The Kier molecular flexibility index (Phi) is 5.33. The molecule has 1 amide bonds. The Hall–Kier alpha value is -4.47. The van der Waals surface area contributed by atoms with Crippen LogP contribution in [0.1, 0.15) is 27.4 Å². The van der Waals surface area contributed by atoms with Crippen molar-refractivity contribution in [1.82, 2.24) is 30.0 Å². The Bertz CT molecular complexity index is 1390. The van der Waals surface area contributed by atoms with Crippen LogP contribution in [-0.4, -0.2) is 37.7 Å². The van der Waals surface area contributed by atoms with Gasteiger partial charge in [0.05, 0.1) is 16.9 Å². The highest BCUT2D eigenvalue weighted by Gasteiger charge is 2.24. The summed E-state index contributed by atoms with van der Waals surface area (Å²) in [5.41, 5.74) is 5.36. The first kappa shape index (κ1) is 21.4. The third-order valence-corrected chi connectivity index (χ3v) is 5.41. The van der Waals surface area contributed by atoms with E-state index in [1.807, 2.05) is 51.4 Å². The van der Waals surface area contributed by atoms with Crippen LogP contribution in [0.4, 0.5) is 23.0 Å². The maximum absolute atomic E-state index is 12.6. The first-order valence-corrected chi connectivity index (χ1v) is 10.8. The summed E-state index contributed by atoms with van der Waals surface area (Å²) in [5, 5.41) is 13.8. The number of aryl methyl sites for hydroxylation is 3. The molecule has 1 aromatic carbocycles. The lowest BCUT2D eigenvalue weighted by atomic mass is 10.0. The van der Waals surface area contributed by atoms with Crippen LogP contribution in [0.25, 0.3) is 11.3 Å². The summed E-state index contributed by atoms with van der Waals surface area (Å²) in [6.07, 6.45) is 3.48. The molecule has 4 heterocycles. The molecule has 0 spiro atoms. The fourth-order valence-corrected chi connectivity index (χ4v) is 4.00. The SMILES string of the molecule is CNC(=O)c1cnc(Nc2cc(C)nc(C)n2)cc1Nc1cccc2c1OCc1cn(C)nc1-2. The van der Waals surface area contributed by atoms with Crippen LogP contribution in [0, 0.1) is 13.8 Å². The Morgan fingerprint density at radius 1 is 1.09 bits per heavy atom. The molecule has 172 valence electrons. The summed E-state index contributed by atoms with van der Waals surface area (Å²) in [6, 6.07) is 9.42. The smallest absolute Gasteiger partial charge is 0.254 e. The molecular weight excluding hydrogens is 432 g/mol. The first-order chi connectivity index (χ1) is 16.4. The number of carbonyl (C=O) groups excluding carboxylic acids is 1. The zero-order valence-corrected chi connectivity index (χ0v) is 19.3. The summed E-state index contributed by atoms with van der Waals surface area (Å²) in [6.45, 7) is 4.16. The number of carbonyl (C=O) groups is 1. The molecule has 0 fully saturated rings. The van der Waals surface area contributed by atoms with Gasteiger partial charge in [-0.1, -0.05) is 6.07 Å².